The summed E-state index contributed by atoms with van der Waals surface area (Å²) in [6.07, 6.45) is 0.980. The van der Waals surface area contributed by atoms with Crippen molar-refractivity contribution in [1.29, 1.82) is 0 Å². The van der Waals surface area contributed by atoms with Crippen LogP contribution >= 0.6 is 0 Å². The van der Waals surface area contributed by atoms with Crippen LogP contribution < -0.4 is 5.23 Å². The number of sulfone groups is 1. The van der Waals surface area contributed by atoms with Crippen molar-refractivity contribution in [3.8, 4) is 0 Å². The topological polar surface area (TPSA) is 104 Å². The van der Waals surface area contributed by atoms with E-state index in [2.05, 4.69) is 5.23 Å². The molecule has 0 saturated carbocycles. The predicted molar refractivity (Wildman–Crippen MR) is 52.7 cm³/mol. The fourth-order valence-corrected chi connectivity index (χ4v) is 1.57. The Labute approximate surface area is 83.4 Å². The van der Waals surface area contributed by atoms with Gasteiger partial charge in [-0.15, -0.1) is 0 Å². The molecule has 14 heavy (non-hydrogen) atoms. The Morgan fingerprint density at radius 1 is 1.57 bits per heavy atom. The summed E-state index contributed by atoms with van der Waals surface area (Å²) >= 11 is 0. The van der Waals surface area contributed by atoms with Gasteiger partial charge in [-0.3, -0.25) is 4.79 Å². The molecule has 0 aliphatic rings. The molecule has 0 bridgehead atoms. The fourth-order valence-electron chi connectivity index (χ4n) is 0.901. The van der Waals surface area contributed by atoms with Gasteiger partial charge in [0.05, 0.1) is 11.8 Å². The van der Waals surface area contributed by atoms with Gasteiger partial charge in [0, 0.05) is 6.26 Å². The van der Waals surface area contributed by atoms with E-state index in [1.165, 1.54) is 6.82 Å². The molecule has 0 aliphatic carbocycles. The summed E-state index contributed by atoms with van der Waals surface area (Å²) in [7, 11) is -4.15. The summed E-state index contributed by atoms with van der Waals surface area (Å²) in [5.74, 6) is -1.39. The molecule has 3 N–H and O–H groups in total. The third kappa shape index (κ3) is 6.87. The average Bonchev–Trinajstić information content (AvgIpc) is 1.94. The Bertz CT molecular complexity index is 289. The predicted octanol–water partition coefficient (Wildman–Crippen LogP) is -1.43. The summed E-state index contributed by atoms with van der Waals surface area (Å²) < 4.78 is 21.5. The third-order valence-electron chi connectivity index (χ3n) is 1.52. The van der Waals surface area contributed by atoms with E-state index in [0.717, 1.165) is 6.26 Å². The maximum Gasteiger partial charge on any atom is 0.374 e. The van der Waals surface area contributed by atoms with Crippen LogP contribution in [-0.2, 0) is 14.6 Å². The van der Waals surface area contributed by atoms with Crippen molar-refractivity contribution < 1.29 is 23.3 Å². The summed E-state index contributed by atoms with van der Waals surface area (Å²) in [4.78, 5) is 10.6. The molecule has 1 unspecified atom stereocenters. The molecule has 0 fully saturated rings. The van der Waals surface area contributed by atoms with Crippen molar-refractivity contribution in [2.24, 2.45) is 0 Å². The molecule has 0 aromatic carbocycles. The van der Waals surface area contributed by atoms with Crippen LogP contribution in [0.25, 0.3) is 0 Å². The Kier molecular flexibility index (Phi) is 5.10. The minimum absolute atomic E-state index is 0.0565. The zero-order chi connectivity index (χ0) is 11.4. The first-order chi connectivity index (χ1) is 6.22. The monoisotopic (exact) mass is 223 g/mol. The summed E-state index contributed by atoms with van der Waals surface area (Å²) in [5, 5.41) is 19.9. The highest BCUT2D eigenvalue weighted by molar-refractivity contribution is 7.90. The summed E-state index contributed by atoms with van der Waals surface area (Å²) in [5.41, 5.74) is 0. The molecule has 0 radical (unpaired) electrons. The van der Waals surface area contributed by atoms with Gasteiger partial charge in [-0.25, -0.2) is 8.42 Å². The summed E-state index contributed by atoms with van der Waals surface area (Å²) in [6.45, 7) is 1.37. The van der Waals surface area contributed by atoms with E-state index in [4.69, 9.17) is 10.1 Å². The molecule has 0 aliphatic heterocycles. The van der Waals surface area contributed by atoms with Gasteiger partial charge < -0.3 is 15.4 Å². The number of carboxylic acid groups (broad SMARTS) is 1. The molecule has 0 heterocycles. The molecule has 8 heteroatoms. The van der Waals surface area contributed by atoms with Crippen LogP contribution in [0, 0.1) is 0 Å². The third-order valence-corrected chi connectivity index (χ3v) is 2.50. The maximum atomic E-state index is 10.8. The lowest BCUT2D eigenvalue weighted by Crippen LogP contribution is -2.45. The van der Waals surface area contributed by atoms with E-state index in [1.54, 1.807) is 0 Å². The fraction of sp³-hybridized carbons (Fsp3) is 0.833. The first-order valence-corrected chi connectivity index (χ1v) is 6.13. The smallest absolute Gasteiger partial charge is 0.374 e. The Hall–Kier alpha value is -0.595. The standard InChI is InChI=1S/C6H14BNO5S/c1-7(11)8-5(6(9)10)3-4-14(2,12)13/h5,8,11H,3-4H2,1-2H3,(H,9,10). The van der Waals surface area contributed by atoms with Gasteiger partial charge in [0.2, 0.25) is 0 Å². The Morgan fingerprint density at radius 3 is 2.36 bits per heavy atom. The number of hydrogen-bond donors (Lipinski definition) is 3. The molecule has 0 aromatic rings. The summed E-state index contributed by atoms with van der Waals surface area (Å²) in [6, 6.07) is -1.04. The van der Waals surface area contributed by atoms with Crippen molar-refractivity contribution >= 4 is 22.9 Å². The Balaban J connectivity index is 4.18. The molecule has 0 spiro atoms. The molecule has 0 aromatic heterocycles. The molecule has 0 saturated heterocycles. The highest BCUT2D eigenvalue weighted by atomic mass is 32.2. The second-order valence-corrected chi connectivity index (χ2v) is 5.41. The van der Waals surface area contributed by atoms with E-state index >= 15 is 0 Å². The largest absolute Gasteiger partial charge is 0.480 e. The van der Waals surface area contributed by atoms with Crippen LogP contribution in [0.15, 0.2) is 0 Å². The first kappa shape index (κ1) is 13.4. The van der Waals surface area contributed by atoms with Crippen molar-refractivity contribution in [2.75, 3.05) is 12.0 Å². The molecular weight excluding hydrogens is 209 g/mol. The van der Waals surface area contributed by atoms with Crippen LogP contribution in [0.3, 0.4) is 0 Å². The molecule has 6 nitrogen and oxygen atoms in total. The van der Waals surface area contributed by atoms with Crippen LogP contribution in [0.5, 0.6) is 0 Å². The van der Waals surface area contributed by atoms with Gasteiger partial charge >= 0.3 is 13.0 Å². The van der Waals surface area contributed by atoms with Gasteiger partial charge in [-0.05, 0) is 13.2 Å². The lowest BCUT2D eigenvalue weighted by Gasteiger charge is -2.13. The van der Waals surface area contributed by atoms with Crippen LogP contribution in [0.1, 0.15) is 6.42 Å². The SMILES string of the molecule is CB(O)NC(CCS(C)(=O)=O)C(=O)O. The quantitative estimate of drug-likeness (QED) is 0.477. The van der Waals surface area contributed by atoms with Crippen molar-refractivity contribution in [2.45, 2.75) is 19.3 Å². The number of aliphatic carboxylic acids is 1. The van der Waals surface area contributed by atoms with Gasteiger partial charge in [0.25, 0.3) is 0 Å². The normalized spacial score (nSPS) is 13.6. The number of carbonyl (C=O) groups is 1. The second kappa shape index (κ2) is 5.33. The number of carboxylic acids is 1. The van der Waals surface area contributed by atoms with Crippen LogP contribution in [-0.4, -0.2) is 49.6 Å². The van der Waals surface area contributed by atoms with E-state index < -0.39 is 28.9 Å². The van der Waals surface area contributed by atoms with Gasteiger partial charge in [-0.2, -0.15) is 0 Å². The van der Waals surface area contributed by atoms with E-state index in [9.17, 15) is 13.2 Å². The average molecular weight is 223 g/mol. The van der Waals surface area contributed by atoms with Crippen LogP contribution in [0.2, 0.25) is 6.82 Å². The van der Waals surface area contributed by atoms with E-state index in [1.807, 2.05) is 0 Å². The minimum Gasteiger partial charge on any atom is -0.480 e. The van der Waals surface area contributed by atoms with Crippen molar-refractivity contribution in [1.82, 2.24) is 5.23 Å². The van der Waals surface area contributed by atoms with Gasteiger partial charge in [0.1, 0.15) is 9.84 Å². The zero-order valence-corrected chi connectivity index (χ0v) is 8.91. The minimum atomic E-state index is -3.17. The number of nitrogens with one attached hydrogen (secondary N) is 1. The lowest BCUT2D eigenvalue weighted by atomic mass is 9.87. The first-order valence-electron chi connectivity index (χ1n) is 4.07. The molecular formula is C6H14BNO5S. The van der Waals surface area contributed by atoms with Crippen LogP contribution in [0.4, 0.5) is 0 Å². The maximum absolute atomic E-state index is 10.8. The molecule has 0 amide bonds. The lowest BCUT2D eigenvalue weighted by molar-refractivity contribution is -0.139. The number of rotatable bonds is 6. The second-order valence-electron chi connectivity index (χ2n) is 3.15. The van der Waals surface area contributed by atoms with Gasteiger partial charge in [-0.1, -0.05) is 0 Å². The van der Waals surface area contributed by atoms with Gasteiger partial charge in [0.15, 0.2) is 0 Å². The highest BCUT2D eigenvalue weighted by Gasteiger charge is 2.21. The zero-order valence-electron chi connectivity index (χ0n) is 8.10. The molecule has 1 atom stereocenters. The van der Waals surface area contributed by atoms with Crippen molar-refractivity contribution in [3.63, 3.8) is 0 Å². The van der Waals surface area contributed by atoms with E-state index in [0.29, 0.717) is 0 Å². The van der Waals surface area contributed by atoms with E-state index in [-0.39, 0.29) is 12.2 Å². The number of hydrogen-bond acceptors (Lipinski definition) is 5. The molecule has 0 rings (SSSR count). The van der Waals surface area contributed by atoms with Crippen molar-refractivity contribution in [3.05, 3.63) is 0 Å². The molecule has 82 valence electrons. The highest BCUT2D eigenvalue weighted by Crippen LogP contribution is 1.97. The Morgan fingerprint density at radius 2 is 2.07 bits per heavy atom.